The highest BCUT2D eigenvalue weighted by Gasteiger charge is 2.47. The van der Waals surface area contributed by atoms with Crippen molar-refractivity contribution in [3.8, 4) is 5.69 Å². The third kappa shape index (κ3) is 3.78. The van der Waals surface area contributed by atoms with E-state index in [0.29, 0.717) is 29.5 Å². The first-order valence-corrected chi connectivity index (χ1v) is 12.1. The number of rotatable bonds is 4. The fourth-order valence-corrected chi connectivity index (χ4v) is 5.45. The van der Waals surface area contributed by atoms with E-state index in [0.717, 1.165) is 29.8 Å². The number of hydrogen-bond acceptors (Lipinski definition) is 4. The molecule has 2 aliphatic heterocycles. The van der Waals surface area contributed by atoms with Gasteiger partial charge in [0.05, 0.1) is 29.0 Å². The molecule has 2 unspecified atom stereocenters. The molecule has 2 atom stereocenters. The number of para-hydroxylation sites is 1. The number of fused-ring (bicyclic) bond motifs is 1. The summed E-state index contributed by atoms with van der Waals surface area (Å²) in [4.78, 5) is 35.0. The van der Waals surface area contributed by atoms with Crippen molar-refractivity contribution in [2.45, 2.75) is 45.7 Å². The molecule has 1 saturated heterocycles. The van der Waals surface area contributed by atoms with Crippen LogP contribution in [0.2, 0.25) is 5.15 Å². The Morgan fingerprint density at radius 1 is 1.15 bits per heavy atom. The molecule has 3 aromatic rings. The minimum absolute atomic E-state index is 0.00869. The van der Waals surface area contributed by atoms with Gasteiger partial charge in [-0.05, 0) is 49.9 Å². The van der Waals surface area contributed by atoms with Crippen LogP contribution in [0.4, 0.5) is 0 Å². The van der Waals surface area contributed by atoms with Gasteiger partial charge in [0.15, 0.2) is 0 Å². The van der Waals surface area contributed by atoms with E-state index >= 15 is 0 Å². The summed E-state index contributed by atoms with van der Waals surface area (Å²) in [6.45, 7) is 7.43. The molecule has 0 bridgehead atoms. The van der Waals surface area contributed by atoms with Crippen LogP contribution in [0.15, 0.2) is 48.7 Å². The van der Waals surface area contributed by atoms with E-state index in [2.05, 4.69) is 18.8 Å². The lowest BCUT2D eigenvalue weighted by atomic mass is 9.94. The standard InChI is InChI=1S/C26H28ClN5O2/c1-16(2)23-22-17(3)29-32(19-8-5-4-6-9-19)24(22)26(34)31(23)20-10-7-13-30(15-20)25(33)18-11-12-21(27)28-14-18/h4-6,8-9,11-12,14,16,20,23H,7,10,13,15H2,1-3H3. The number of aromatic nitrogens is 3. The van der Waals surface area contributed by atoms with E-state index in [1.54, 1.807) is 16.8 Å². The van der Waals surface area contributed by atoms with Gasteiger partial charge in [0.2, 0.25) is 0 Å². The zero-order valence-electron chi connectivity index (χ0n) is 19.6. The Hall–Kier alpha value is -3.19. The molecule has 5 rings (SSSR count). The molecule has 8 heteroatoms. The number of halogens is 1. The summed E-state index contributed by atoms with van der Waals surface area (Å²) >= 11 is 5.89. The quantitative estimate of drug-likeness (QED) is 0.511. The smallest absolute Gasteiger partial charge is 0.273 e. The average Bonchev–Trinajstić information content (AvgIpc) is 3.35. The van der Waals surface area contributed by atoms with E-state index < -0.39 is 0 Å². The summed E-state index contributed by atoms with van der Waals surface area (Å²) < 4.78 is 1.79. The second-order valence-corrected chi connectivity index (χ2v) is 9.80. The van der Waals surface area contributed by atoms with Crippen LogP contribution >= 0.6 is 11.6 Å². The van der Waals surface area contributed by atoms with Crippen LogP contribution in [-0.4, -0.2) is 55.5 Å². The van der Waals surface area contributed by atoms with Gasteiger partial charge in [-0.2, -0.15) is 5.10 Å². The Labute approximate surface area is 204 Å². The molecule has 0 spiro atoms. The third-order valence-electron chi connectivity index (χ3n) is 6.82. The topological polar surface area (TPSA) is 71.3 Å². The maximum absolute atomic E-state index is 13.9. The molecule has 1 aromatic carbocycles. The molecule has 0 aliphatic carbocycles. The van der Waals surface area contributed by atoms with Crippen LogP contribution in [0.3, 0.4) is 0 Å². The Bertz CT molecular complexity index is 1220. The number of piperidine rings is 1. The maximum atomic E-state index is 13.9. The number of likely N-dealkylation sites (tertiary alicyclic amines) is 1. The second kappa shape index (κ2) is 8.87. The largest absolute Gasteiger partial charge is 0.337 e. The van der Waals surface area contributed by atoms with Gasteiger partial charge in [0.1, 0.15) is 10.8 Å². The predicted molar refractivity (Wildman–Crippen MR) is 130 cm³/mol. The van der Waals surface area contributed by atoms with Crippen molar-refractivity contribution in [3.63, 3.8) is 0 Å². The van der Waals surface area contributed by atoms with Crippen LogP contribution in [-0.2, 0) is 0 Å². The Balaban J connectivity index is 1.47. The van der Waals surface area contributed by atoms with E-state index in [4.69, 9.17) is 16.7 Å². The van der Waals surface area contributed by atoms with E-state index in [1.165, 1.54) is 6.20 Å². The maximum Gasteiger partial charge on any atom is 0.273 e. The molecule has 1 fully saturated rings. The van der Waals surface area contributed by atoms with Crippen LogP contribution in [0, 0.1) is 12.8 Å². The molecule has 2 aliphatic rings. The lowest BCUT2D eigenvalue weighted by Crippen LogP contribution is -2.51. The van der Waals surface area contributed by atoms with Crippen molar-refractivity contribution in [3.05, 3.63) is 76.3 Å². The Morgan fingerprint density at radius 3 is 2.59 bits per heavy atom. The Kier molecular flexibility index (Phi) is 5.90. The van der Waals surface area contributed by atoms with Crippen LogP contribution in [0.25, 0.3) is 5.69 Å². The van der Waals surface area contributed by atoms with Gasteiger partial charge >= 0.3 is 0 Å². The highest BCUT2D eigenvalue weighted by molar-refractivity contribution is 6.29. The van der Waals surface area contributed by atoms with Crippen molar-refractivity contribution in [1.82, 2.24) is 24.6 Å². The SMILES string of the molecule is Cc1nn(-c2ccccc2)c2c1C(C(C)C)N(C1CCCN(C(=O)c3ccc(Cl)nc3)C1)C2=O. The molecule has 34 heavy (non-hydrogen) atoms. The first-order valence-electron chi connectivity index (χ1n) is 11.7. The molecular weight excluding hydrogens is 450 g/mol. The van der Waals surface area contributed by atoms with Crippen molar-refractivity contribution < 1.29 is 9.59 Å². The summed E-state index contributed by atoms with van der Waals surface area (Å²) in [5.74, 6) is 0.125. The number of hydrogen-bond donors (Lipinski definition) is 0. The number of carbonyl (C=O) groups excluding carboxylic acids is 2. The van der Waals surface area contributed by atoms with Crippen molar-refractivity contribution in [2.75, 3.05) is 13.1 Å². The predicted octanol–water partition coefficient (Wildman–Crippen LogP) is 4.69. The van der Waals surface area contributed by atoms with Crippen LogP contribution < -0.4 is 0 Å². The minimum atomic E-state index is -0.0780. The molecule has 0 radical (unpaired) electrons. The average molecular weight is 478 g/mol. The molecular formula is C26H28ClN5O2. The summed E-state index contributed by atoms with van der Waals surface area (Å²) in [6.07, 6.45) is 3.21. The highest BCUT2D eigenvalue weighted by atomic mass is 35.5. The number of nitrogens with zero attached hydrogens (tertiary/aromatic N) is 5. The summed E-state index contributed by atoms with van der Waals surface area (Å²) in [5, 5.41) is 5.10. The summed E-state index contributed by atoms with van der Waals surface area (Å²) in [7, 11) is 0. The lowest BCUT2D eigenvalue weighted by Gasteiger charge is -2.41. The molecule has 2 amide bonds. The van der Waals surface area contributed by atoms with Gasteiger partial charge in [-0.25, -0.2) is 9.67 Å². The van der Waals surface area contributed by atoms with Gasteiger partial charge in [0, 0.05) is 24.8 Å². The molecule has 2 aromatic heterocycles. The molecule has 176 valence electrons. The molecule has 0 saturated carbocycles. The van der Waals surface area contributed by atoms with Gasteiger partial charge in [-0.3, -0.25) is 9.59 Å². The fraction of sp³-hybridized carbons (Fsp3) is 0.385. The molecule has 0 N–H and O–H groups in total. The van der Waals surface area contributed by atoms with E-state index in [1.807, 2.05) is 47.1 Å². The lowest BCUT2D eigenvalue weighted by molar-refractivity contribution is 0.0344. The molecule has 7 nitrogen and oxygen atoms in total. The second-order valence-electron chi connectivity index (χ2n) is 9.41. The van der Waals surface area contributed by atoms with Gasteiger partial charge in [-0.1, -0.05) is 43.6 Å². The van der Waals surface area contributed by atoms with Gasteiger partial charge < -0.3 is 9.80 Å². The highest BCUT2D eigenvalue weighted by Crippen LogP contribution is 2.43. The van der Waals surface area contributed by atoms with E-state index in [-0.39, 0.29) is 29.8 Å². The number of amides is 2. The Morgan fingerprint density at radius 2 is 1.91 bits per heavy atom. The first-order chi connectivity index (χ1) is 16.4. The third-order valence-corrected chi connectivity index (χ3v) is 7.05. The monoisotopic (exact) mass is 477 g/mol. The summed E-state index contributed by atoms with van der Waals surface area (Å²) in [5.41, 5.74) is 3.92. The van der Waals surface area contributed by atoms with E-state index in [9.17, 15) is 9.59 Å². The number of pyridine rings is 1. The van der Waals surface area contributed by atoms with Crippen LogP contribution in [0.5, 0.6) is 0 Å². The first kappa shape index (κ1) is 22.6. The van der Waals surface area contributed by atoms with Crippen LogP contribution in [0.1, 0.15) is 64.8 Å². The van der Waals surface area contributed by atoms with Crippen molar-refractivity contribution in [2.24, 2.45) is 5.92 Å². The van der Waals surface area contributed by atoms with Gasteiger partial charge in [-0.15, -0.1) is 0 Å². The zero-order chi connectivity index (χ0) is 24.0. The number of aryl methyl sites for hydroxylation is 1. The zero-order valence-corrected chi connectivity index (χ0v) is 20.4. The normalized spacial score (nSPS) is 20.2. The summed E-state index contributed by atoms with van der Waals surface area (Å²) in [6, 6.07) is 13.0. The number of carbonyl (C=O) groups is 2. The fourth-order valence-electron chi connectivity index (χ4n) is 5.34. The minimum Gasteiger partial charge on any atom is -0.337 e. The van der Waals surface area contributed by atoms with Crippen molar-refractivity contribution >= 4 is 23.4 Å². The number of benzene rings is 1. The van der Waals surface area contributed by atoms with Gasteiger partial charge in [0.25, 0.3) is 11.8 Å². The van der Waals surface area contributed by atoms with Crippen molar-refractivity contribution in [1.29, 1.82) is 0 Å². The molecule has 4 heterocycles.